The number of methoxy groups -OCH3 is 1. The molecule has 0 bridgehead atoms. The Labute approximate surface area is 78.1 Å². The molecule has 3 nitrogen and oxygen atoms in total. The largest absolute Gasteiger partial charge is 0.508 e. The summed E-state index contributed by atoms with van der Waals surface area (Å²) in [5.41, 5.74) is 6.79. The minimum absolute atomic E-state index is 0.00759. The van der Waals surface area contributed by atoms with E-state index in [-0.39, 0.29) is 11.8 Å². The summed E-state index contributed by atoms with van der Waals surface area (Å²) in [6.45, 7) is 0.537. The average molecular weight is 181 g/mol. The lowest BCUT2D eigenvalue weighted by Gasteiger charge is -2.09. The highest BCUT2D eigenvalue weighted by Gasteiger charge is 2.03. The second-order valence-corrected chi connectivity index (χ2v) is 3.09. The number of hydrogen-bond donors (Lipinski definition) is 2. The van der Waals surface area contributed by atoms with Crippen LogP contribution in [0.15, 0.2) is 24.3 Å². The Kier molecular flexibility index (Phi) is 3.73. The molecule has 0 amide bonds. The Morgan fingerprint density at radius 3 is 2.92 bits per heavy atom. The molecule has 0 aliphatic rings. The fourth-order valence-corrected chi connectivity index (χ4v) is 1.26. The van der Waals surface area contributed by atoms with Gasteiger partial charge in [-0.25, -0.2) is 0 Å². The Balaban J connectivity index is 2.53. The first-order valence-corrected chi connectivity index (χ1v) is 4.25. The molecule has 1 aromatic carbocycles. The predicted octanol–water partition coefficient (Wildman–Crippen LogP) is 0.908. The van der Waals surface area contributed by atoms with Gasteiger partial charge in [0.15, 0.2) is 0 Å². The van der Waals surface area contributed by atoms with Crippen LogP contribution in [0.1, 0.15) is 5.56 Å². The van der Waals surface area contributed by atoms with Crippen LogP contribution in [0.4, 0.5) is 0 Å². The molecule has 0 saturated carbocycles. The highest BCUT2D eigenvalue weighted by molar-refractivity contribution is 5.27. The van der Waals surface area contributed by atoms with E-state index in [9.17, 15) is 5.11 Å². The van der Waals surface area contributed by atoms with Crippen LogP contribution in [-0.4, -0.2) is 24.9 Å². The predicted molar refractivity (Wildman–Crippen MR) is 51.7 cm³/mol. The van der Waals surface area contributed by atoms with E-state index in [0.29, 0.717) is 6.61 Å². The van der Waals surface area contributed by atoms with Crippen LogP contribution in [-0.2, 0) is 11.2 Å². The maximum atomic E-state index is 9.18. The lowest BCUT2D eigenvalue weighted by molar-refractivity contribution is 0.180. The van der Waals surface area contributed by atoms with E-state index in [1.807, 2.05) is 12.1 Å². The van der Waals surface area contributed by atoms with Crippen molar-refractivity contribution in [1.82, 2.24) is 0 Å². The summed E-state index contributed by atoms with van der Waals surface area (Å²) in [6, 6.07) is 7.10. The first-order valence-electron chi connectivity index (χ1n) is 4.25. The molecule has 0 aliphatic carbocycles. The van der Waals surface area contributed by atoms with Crippen molar-refractivity contribution in [2.45, 2.75) is 12.5 Å². The van der Waals surface area contributed by atoms with Crippen LogP contribution in [0.3, 0.4) is 0 Å². The Hall–Kier alpha value is -1.06. The molecular formula is C10H15NO2. The van der Waals surface area contributed by atoms with E-state index in [4.69, 9.17) is 10.5 Å². The Bertz CT molecular complexity index is 263. The smallest absolute Gasteiger partial charge is 0.115 e. The normalized spacial score (nSPS) is 12.8. The standard InChI is InChI=1S/C10H15NO2/c1-13-7-9(11)5-8-3-2-4-10(12)6-8/h2-4,6,9,12H,5,7,11H2,1H3. The molecular weight excluding hydrogens is 166 g/mol. The SMILES string of the molecule is COCC(N)Cc1cccc(O)c1. The summed E-state index contributed by atoms with van der Waals surface area (Å²) in [5, 5.41) is 9.18. The number of aromatic hydroxyl groups is 1. The molecule has 0 radical (unpaired) electrons. The van der Waals surface area contributed by atoms with E-state index in [0.717, 1.165) is 12.0 Å². The van der Waals surface area contributed by atoms with Crippen LogP contribution in [0.25, 0.3) is 0 Å². The number of ether oxygens (including phenoxy) is 1. The molecule has 72 valence electrons. The van der Waals surface area contributed by atoms with Crippen molar-refractivity contribution in [3.8, 4) is 5.75 Å². The number of phenolic OH excluding ortho intramolecular Hbond substituents is 1. The monoisotopic (exact) mass is 181 g/mol. The van der Waals surface area contributed by atoms with Gasteiger partial charge < -0.3 is 15.6 Å². The summed E-state index contributed by atoms with van der Waals surface area (Å²) in [6.07, 6.45) is 0.724. The summed E-state index contributed by atoms with van der Waals surface area (Å²) in [4.78, 5) is 0. The van der Waals surface area contributed by atoms with Gasteiger partial charge in [0.2, 0.25) is 0 Å². The summed E-state index contributed by atoms with van der Waals surface area (Å²) < 4.78 is 4.92. The summed E-state index contributed by atoms with van der Waals surface area (Å²) in [7, 11) is 1.63. The van der Waals surface area contributed by atoms with Crippen LogP contribution in [0.5, 0.6) is 5.75 Å². The lowest BCUT2D eigenvalue weighted by Crippen LogP contribution is -2.27. The van der Waals surface area contributed by atoms with Crippen molar-refractivity contribution in [3.63, 3.8) is 0 Å². The molecule has 1 rings (SSSR count). The van der Waals surface area contributed by atoms with Crippen molar-refractivity contribution in [2.75, 3.05) is 13.7 Å². The molecule has 0 heterocycles. The van der Waals surface area contributed by atoms with Crippen LogP contribution in [0, 0.1) is 0 Å². The van der Waals surface area contributed by atoms with E-state index in [1.54, 1.807) is 19.2 Å². The Morgan fingerprint density at radius 1 is 1.54 bits per heavy atom. The van der Waals surface area contributed by atoms with Crippen molar-refractivity contribution >= 4 is 0 Å². The van der Waals surface area contributed by atoms with Crippen LogP contribution < -0.4 is 5.73 Å². The maximum Gasteiger partial charge on any atom is 0.115 e. The number of nitrogens with two attached hydrogens (primary N) is 1. The number of hydrogen-bond acceptors (Lipinski definition) is 3. The fraction of sp³-hybridized carbons (Fsp3) is 0.400. The molecule has 0 spiro atoms. The maximum absolute atomic E-state index is 9.18. The van der Waals surface area contributed by atoms with Gasteiger partial charge in [-0.15, -0.1) is 0 Å². The first-order chi connectivity index (χ1) is 6.22. The van der Waals surface area contributed by atoms with Gasteiger partial charge in [0.1, 0.15) is 5.75 Å². The zero-order valence-electron chi connectivity index (χ0n) is 7.73. The molecule has 3 N–H and O–H groups in total. The van der Waals surface area contributed by atoms with Crippen molar-refractivity contribution in [2.24, 2.45) is 5.73 Å². The van der Waals surface area contributed by atoms with Gasteiger partial charge >= 0.3 is 0 Å². The number of phenols is 1. The average Bonchev–Trinajstić information content (AvgIpc) is 2.04. The third-order valence-electron chi connectivity index (χ3n) is 1.79. The molecule has 1 unspecified atom stereocenters. The lowest BCUT2D eigenvalue weighted by atomic mass is 10.1. The quantitative estimate of drug-likeness (QED) is 0.725. The van der Waals surface area contributed by atoms with Gasteiger partial charge in [0, 0.05) is 13.2 Å². The van der Waals surface area contributed by atoms with E-state index >= 15 is 0 Å². The molecule has 0 fully saturated rings. The van der Waals surface area contributed by atoms with Crippen molar-refractivity contribution in [1.29, 1.82) is 0 Å². The zero-order chi connectivity index (χ0) is 9.68. The van der Waals surface area contributed by atoms with Gasteiger partial charge in [-0.05, 0) is 24.1 Å². The second-order valence-electron chi connectivity index (χ2n) is 3.09. The van der Waals surface area contributed by atoms with Gasteiger partial charge in [-0.3, -0.25) is 0 Å². The van der Waals surface area contributed by atoms with Gasteiger partial charge in [-0.2, -0.15) is 0 Å². The molecule has 3 heteroatoms. The zero-order valence-corrected chi connectivity index (χ0v) is 7.73. The minimum Gasteiger partial charge on any atom is -0.508 e. The van der Waals surface area contributed by atoms with E-state index in [1.165, 1.54) is 0 Å². The molecule has 1 atom stereocenters. The Morgan fingerprint density at radius 2 is 2.31 bits per heavy atom. The van der Waals surface area contributed by atoms with Gasteiger partial charge in [0.25, 0.3) is 0 Å². The molecule has 0 aromatic heterocycles. The number of rotatable bonds is 4. The highest BCUT2D eigenvalue weighted by atomic mass is 16.5. The second kappa shape index (κ2) is 4.84. The molecule has 1 aromatic rings. The van der Waals surface area contributed by atoms with Crippen molar-refractivity contribution in [3.05, 3.63) is 29.8 Å². The van der Waals surface area contributed by atoms with Crippen LogP contribution in [0.2, 0.25) is 0 Å². The van der Waals surface area contributed by atoms with Crippen LogP contribution >= 0.6 is 0 Å². The third-order valence-corrected chi connectivity index (χ3v) is 1.79. The van der Waals surface area contributed by atoms with Gasteiger partial charge in [0.05, 0.1) is 6.61 Å². The molecule has 13 heavy (non-hydrogen) atoms. The first kappa shape index (κ1) is 10.0. The number of benzene rings is 1. The minimum atomic E-state index is -0.00759. The van der Waals surface area contributed by atoms with Crippen molar-refractivity contribution < 1.29 is 9.84 Å². The molecule has 0 saturated heterocycles. The third kappa shape index (κ3) is 3.44. The fourth-order valence-electron chi connectivity index (χ4n) is 1.26. The topological polar surface area (TPSA) is 55.5 Å². The highest BCUT2D eigenvalue weighted by Crippen LogP contribution is 2.11. The van der Waals surface area contributed by atoms with E-state index in [2.05, 4.69) is 0 Å². The molecule has 0 aliphatic heterocycles. The summed E-state index contributed by atoms with van der Waals surface area (Å²) in [5.74, 6) is 0.280. The summed E-state index contributed by atoms with van der Waals surface area (Å²) >= 11 is 0. The van der Waals surface area contributed by atoms with E-state index < -0.39 is 0 Å². The van der Waals surface area contributed by atoms with Gasteiger partial charge in [-0.1, -0.05) is 12.1 Å².